The Bertz CT molecular complexity index is 777. The highest BCUT2D eigenvalue weighted by Gasteiger charge is 2.14. The Morgan fingerprint density at radius 2 is 2.20 bits per heavy atom. The molecule has 0 bridgehead atoms. The third-order valence-electron chi connectivity index (χ3n) is 3.14. The minimum atomic E-state index is -0.456. The van der Waals surface area contributed by atoms with Crippen LogP contribution in [0.3, 0.4) is 0 Å². The van der Waals surface area contributed by atoms with E-state index < -0.39 is 5.82 Å². The average molecular weight is 275 g/mol. The Labute approximate surface area is 114 Å². The van der Waals surface area contributed by atoms with Crippen LogP contribution in [0.5, 0.6) is 5.75 Å². The monoisotopic (exact) mass is 275 g/mol. The van der Waals surface area contributed by atoms with Crippen LogP contribution in [0.15, 0.2) is 24.4 Å². The van der Waals surface area contributed by atoms with Crippen LogP contribution in [0, 0.1) is 5.82 Å². The molecule has 0 spiro atoms. The Morgan fingerprint density at radius 1 is 1.40 bits per heavy atom. The van der Waals surface area contributed by atoms with Crippen LogP contribution in [-0.4, -0.2) is 26.4 Å². The summed E-state index contributed by atoms with van der Waals surface area (Å²) >= 11 is 0. The lowest BCUT2D eigenvalue weighted by Crippen LogP contribution is -2.05. The molecule has 0 fully saturated rings. The van der Waals surface area contributed by atoms with Crippen LogP contribution >= 0.6 is 0 Å². The molecule has 7 heteroatoms. The molecule has 6 nitrogen and oxygen atoms in total. The van der Waals surface area contributed by atoms with E-state index in [0.29, 0.717) is 23.5 Å². The van der Waals surface area contributed by atoms with E-state index in [2.05, 4.69) is 10.1 Å². The number of nitrogens with two attached hydrogens (primary N) is 1. The first-order chi connectivity index (χ1) is 9.58. The second-order valence-electron chi connectivity index (χ2n) is 4.51. The van der Waals surface area contributed by atoms with Crippen LogP contribution in [0.2, 0.25) is 0 Å². The van der Waals surface area contributed by atoms with Gasteiger partial charge in [-0.05, 0) is 6.07 Å². The lowest BCUT2D eigenvalue weighted by molar-refractivity contribution is 0.387. The number of rotatable bonds is 3. The first kappa shape index (κ1) is 12.5. The minimum absolute atomic E-state index is 0.166. The molecule has 0 atom stereocenters. The molecule has 20 heavy (non-hydrogen) atoms. The van der Waals surface area contributed by atoms with Gasteiger partial charge in [-0.1, -0.05) is 0 Å². The van der Waals surface area contributed by atoms with E-state index in [1.165, 1.54) is 13.2 Å². The quantitative estimate of drug-likeness (QED) is 0.787. The molecule has 0 saturated heterocycles. The molecule has 0 radical (unpaired) electrons. The van der Waals surface area contributed by atoms with E-state index in [4.69, 9.17) is 10.5 Å². The number of ether oxygens (including phenoxy) is 1. The van der Waals surface area contributed by atoms with Crippen molar-refractivity contribution in [3.63, 3.8) is 0 Å². The molecule has 0 amide bonds. The Kier molecular flexibility index (Phi) is 2.81. The fraction of sp³-hybridized carbons (Fsp3) is 0.231. The molecule has 1 aromatic carbocycles. The van der Waals surface area contributed by atoms with Crippen LogP contribution in [0.25, 0.3) is 11.0 Å². The van der Waals surface area contributed by atoms with Crippen molar-refractivity contribution in [1.82, 2.24) is 19.3 Å². The molecular weight excluding hydrogens is 261 g/mol. The number of fused-ring (bicyclic) bond motifs is 1. The fourth-order valence-corrected chi connectivity index (χ4v) is 2.18. The highest BCUT2D eigenvalue weighted by molar-refractivity contribution is 5.80. The molecule has 0 unspecified atom stereocenters. The summed E-state index contributed by atoms with van der Waals surface area (Å²) < 4.78 is 22.1. The van der Waals surface area contributed by atoms with Gasteiger partial charge in [0.25, 0.3) is 0 Å². The molecular formula is C13H14FN5O. The molecule has 0 aliphatic carbocycles. The Morgan fingerprint density at radius 3 is 2.85 bits per heavy atom. The number of benzene rings is 1. The first-order valence-corrected chi connectivity index (χ1v) is 6.06. The van der Waals surface area contributed by atoms with E-state index in [9.17, 15) is 4.39 Å². The maximum Gasteiger partial charge on any atom is 0.201 e. The third-order valence-corrected chi connectivity index (χ3v) is 3.14. The predicted molar refractivity (Wildman–Crippen MR) is 73.0 cm³/mol. The summed E-state index contributed by atoms with van der Waals surface area (Å²) in [4.78, 5) is 4.16. The zero-order valence-electron chi connectivity index (χ0n) is 11.2. The topological polar surface area (TPSA) is 70.9 Å². The maximum atomic E-state index is 13.7. The molecule has 0 aliphatic rings. The number of aryl methyl sites for hydroxylation is 1. The minimum Gasteiger partial charge on any atom is -0.494 e. The Hall–Kier alpha value is -2.57. The van der Waals surface area contributed by atoms with Crippen LogP contribution in [0.1, 0.15) is 5.69 Å². The van der Waals surface area contributed by atoms with Gasteiger partial charge in [0.1, 0.15) is 0 Å². The zero-order valence-corrected chi connectivity index (χ0v) is 11.2. The summed E-state index contributed by atoms with van der Waals surface area (Å²) in [5.74, 6) is 0.0282. The van der Waals surface area contributed by atoms with Crippen molar-refractivity contribution in [2.45, 2.75) is 6.54 Å². The molecule has 3 aromatic rings. The van der Waals surface area contributed by atoms with E-state index in [-0.39, 0.29) is 5.75 Å². The van der Waals surface area contributed by atoms with Crippen LogP contribution < -0.4 is 10.5 Å². The third kappa shape index (κ3) is 1.97. The van der Waals surface area contributed by atoms with Gasteiger partial charge in [-0.3, -0.25) is 4.68 Å². The summed E-state index contributed by atoms with van der Waals surface area (Å²) in [6.45, 7) is 0.470. The number of methoxy groups -OCH3 is 1. The van der Waals surface area contributed by atoms with E-state index in [1.807, 2.05) is 19.3 Å². The van der Waals surface area contributed by atoms with Gasteiger partial charge in [0.2, 0.25) is 5.95 Å². The summed E-state index contributed by atoms with van der Waals surface area (Å²) in [7, 11) is 3.27. The second-order valence-corrected chi connectivity index (χ2v) is 4.51. The predicted octanol–water partition coefficient (Wildman–Crippen LogP) is 1.55. The average Bonchev–Trinajstić information content (AvgIpc) is 2.94. The smallest absolute Gasteiger partial charge is 0.201 e. The van der Waals surface area contributed by atoms with Crippen LogP contribution in [-0.2, 0) is 13.6 Å². The normalized spacial score (nSPS) is 11.2. The van der Waals surface area contributed by atoms with Gasteiger partial charge in [-0.25, -0.2) is 9.37 Å². The number of nitrogens with zero attached hydrogens (tertiary/aromatic N) is 4. The first-order valence-electron chi connectivity index (χ1n) is 6.06. The zero-order chi connectivity index (χ0) is 14.3. The molecule has 2 N–H and O–H groups in total. The van der Waals surface area contributed by atoms with Crippen molar-refractivity contribution >= 4 is 17.0 Å². The van der Waals surface area contributed by atoms with Crippen LogP contribution in [0.4, 0.5) is 10.3 Å². The SMILES string of the molecule is COc1cc2c(cc1F)nc(N)n2Cc1ccn(C)n1. The summed E-state index contributed by atoms with van der Waals surface area (Å²) in [6.07, 6.45) is 1.85. The second kappa shape index (κ2) is 4.52. The van der Waals surface area contributed by atoms with Gasteiger partial charge in [0.15, 0.2) is 11.6 Å². The number of halogens is 1. The maximum absolute atomic E-state index is 13.7. The summed E-state index contributed by atoms with van der Waals surface area (Å²) in [6, 6.07) is 4.81. The number of hydrogen-bond acceptors (Lipinski definition) is 4. The number of aromatic nitrogens is 4. The van der Waals surface area contributed by atoms with Crippen molar-refractivity contribution in [3.8, 4) is 5.75 Å². The van der Waals surface area contributed by atoms with E-state index in [0.717, 1.165) is 5.69 Å². The van der Waals surface area contributed by atoms with Gasteiger partial charge >= 0.3 is 0 Å². The number of anilines is 1. The number of imidazole rings is 1. The molecule has 2 heterocycles. The van der Waals surface area contributed by atoms with Crippen molar-refractivity contribution < 1.29 is 9.13 Å². The van der Waals surface area contributed by atoms with Gasteiger partial charge in [-0.15, -0.1) is 0 Å². The molecule has 2 aromatic heterocycles. The summed E-state index contributed by atoms with van der Waals surface area (Å²) in [5, 5.41) is 4.30. The van der Waals surface area contributed by atoms with Crippen molar-refractivity contribution in [2.75, 3.05) is 12.8 Å². The van der Waals surface area contributed by atoms with Gasteiger partial charge in [-0.2, -0.15) is 5.10 Å². The fourth-order valence-electron chi connectivity index (χ4n) is 2.18. The molecule has 3 rings (SSSR count). The van der Waals surface area contributed by atoms with Gasteiger partial charge < -0.3 is 15.0 Å². The number of hydrogen-bond donors (Lipinski definition) is 1. The summed E-state index contributed by atoms with van der Waals surface area (Å²) in [5.41, 5.74) is 7.96. The highest BCUT2D eigenvalue weighted by atomic mass is 19.1. The van der Waals surface area contributed by atoms with Crippen molar-refractivity contribution in [2.24, 2.45) is 7.05 Å². The van der Waals surface area contributed by atoms with Crippen molar-refractivity contribution in [3.05, 3.63) is 35.9 Å². The van der Waals surface area contributed by atoms with Gasteiger partial charge in [0, 0.05) is 25.4 Å². The van der Waals surface area contributed by atoms with E-state index in [1.54, 1.807) is 15.3 Å². The lowest BCUT2D eigenvalue weighted by atomic mass is 10.2. The van der Waals surface area contributed by atoms with Crippen molar-refractivity contribution in [1.29, 1.82) is 0 Å². The molecule has 0 saturated carbocycles. The lowest BCUT2D eigenvalue weighted by Gasteiger charge is -2.06. The highest BCUT2D eigenvalue weighted by Crippen LogP contribution is 2.26. The Balaban J connectivity index is 2.11. The molecule has 0 aliphatic heterocycles. The molecule has 104 valence electrons. The largest absolute Gasteiger partial charge is 0.494 e. The standard InChI is InChI=1S/C13H14FN5O/c1-18-4-3-8(17-18)7-19-11-6-12(20-2)9(14)5-10(11)16-13(19)15/h3-6H,7H2,1-2H3,(H2,15,16). The van der Waals surface area contributed by atoms with E-state index >= 15 is 0 Å². The number of nitrogen functional groups attached to an aromatic ring is 1. The van der Waals surface area contributed by atoms with Gasteiger partial charge in [0.05, 0.1) is 30.4 Å².